The number of hydrogen-bond donors (Lipinski definition) is 2. The number of amides is 1. The van der Waals surface area contributed by atoms with Gasteiger partial charge in [-0.05, 0) is 12.0 Å². The van der Waals surface area contributed by atoms with Crippen LogP contribution in [0.1, 0.15) is 13.3 Å². The van der Waals surface area contributed by atoms with Gasteiger partial charge in [-0.25, -0.2) is 4.79 Å². The molecule has 0 unspecified atom stereocenters. The van der Waals surface area contributed by atoms with E-state index in [1.165, 1.54) is 23.6 Å². The first-order chi connectivity index (χ1) is 9.93. The van der Waals surface area contributed by atoms with Crippen LogP contribution in [-0.2, 0) is 19.1 Å². The highest BCUT2D eigenvalue weighted by Gasteiger charge is 2.51. The number of fused-ring (bicyclic) bond motifs is 1. The molecule has 2 heterocycles. The van der Waals surface area contributed by atoms with Crippen molar-refractivity contribution in [3.05, 3.63) is 23.4 Å². The van der Waals surface area contributed by atoms with Crippen LogP contribution >= 0.6 is 11.8 Å². The van der Waals surface area contributed by atoms with E-state index in [4.69, 9.17) is 10.5 Å². The van der Waals surface area contributed by atoms with Gasteiger partial charge in [-0.3, -0.25) is 14.5 Å². The molecule has 2 atom stereocenters. The molecule has 0 aliphatic carbocycles. The minimum Gasteiger partial charge on any atom is -0.477 e. The van der Waals surface area contributed by atoms with E-state index in [1.54, 1.807) is 12.2 Å². The Morgan fingerprint density at radius 1 is 1.57 bits per heavy atom. The van der Waals surface area contributed by atoms with Gasteiger partial charge in [-0.15, -0.1) is 11.8 Å². The average Bonchev–Trinajstić information content (AvgIpc) is 2.44. The van der Waals surface area contributed by atoms with Crippen LogP contribution in [0.2, 0.25) is 0 Å². The Morgan fingerprint density at radius 3 is 2.90 bits per heavy atom. The molecular weight excluding hydrogens is 296 g/mol. The zero-order valence-electron chi connectivity index (χ0n) is 11.4. The van der Waals surface area contributed by atoms with Crippen LogP contribution in [0.15, 0.2) is 23.4 Å². The van der Waals surface area contributed by atoms with Gasteiger partial charge in [-0.2, -0.15) is 0 Å². The summed E-state index contributed by atoms with van der Waals surface area (Å²) >= 11 is 1.45. The molecule has 0 spiro atoms. The van der Waals surface area contributed by atoms with Crippen molar-refractivity contribution in [2.75, 3.05) is 12.4 Å². The van der Waals surface area contributed by atoms with E-state index in [1.807, 2.05) is 0 Å². The maximum atomic E-state index is 11.7. The van der Waals surface area contributed by atoms with Crippen LogP contribution in [0.4, 0.5) is 0 Å². The largest absolute Gasteiger partial charge is 0.477 e. The number of carboxylic acids is 1. The summed E-state index contributed by atoms with van der Waals surface area (Å²) in [6.07, 6.45) is 3.87. The zero-order chi connectivity index (χ0) is 15.6. The van der Waals surface area contributed by atoms with Crippen molar-refractivity contribution in [3.8, 4) is 0 Å². The molecule has 8 heteroatoms. The highest BCUT2D eigenvalue weighted by Crippen LogP contribution is 2.39. The maximum absolute atomic E-state index is 11.7. The zero-order valence-corrected chi connectivity index (χ0v) is 12.3. The molecule has 2 aliphatic rings. The van der Waals surface area contributed by atoms with Crippen molar-refractivity contribution in [2.45, 2.75) is 24.8 Å². The van der Waals surface area contributed by atoms with Crippen LogP contribution in [0.25, 0.3) is 0 Å². The number of nitrogens with zero attached hydrogens (tertiary/aromatic N) is 1. The minimum absolute atomic E-state index is 0.00538. The van der Waals surface area contributed by atoms with Crippen molar-refractivity contribution in [1.82, 2.24) is 4.90 Å². The Labute approximate surface area is 125 Å². The number of rotatable bonds is 5. The predicted molar refractivity (Wildman–Crippen MR) is 76.1 cm³/mol. The van der Waals surface area contributed by atoms with Crippen molar-refractivity contribution in [1.29, 1.82) is 0 Å². The summed E-state index contributed by atoms with van der Waals surface area (Å²) < 4.78 is 4.78. The van der Waals surface area contributed by atoms with Crippen molar-refractivity contribution < 1.29 is 24.2 Å². The van der Waals surface area contributed by atoms with Gasteiger partial charge in [0, 0.05) is 12.7 Å². The van der Waals surface area contributed by atoms with Gasteiger partial charge in [0.05, 0.1) is 6.61 Å². The lowest BCUT2D eigenvalue weighted by Crippen LogP contribution is -2.68. The van der Waals surface area contributed by atoms with E-state index in [-0.39, 0.29) is 29.6 Å². The molecular formula is C13H16N2O5S. The summed E-state index contributed by atoms with van der Waals surface area (Å²) in [6.45, 7) is 1.57. The number of carboxylic acid groups (broad SMARTS) is 1. The number of carbonyl (C=O) groups is 3. The fourth-order valence-corrected chi connectivity index (χ4v) is 3.43. The lowest BCUT2D eigenvalue weighted by Gasteiger charge is -2.47. The Hall–Kier alpha value is -1.80. The van der Waals surface area contributed by atoms with Crippen LogP contribution in [0, 0.1) is 0 Å². The molecule has 1 amide bonds. The van der Waals surface area contributed by atoms with Crippen molar-refractivity contribution >= 4 is 29.6 Å². The number of ether oxygens (including phenoxy) is 1. The summed E-state index contributed by atoms with van der Waals surface area (Å²) in [7, 11) is 0. The Balaban J connectivity index is 2.08. The van der Waals surface area contributed by atoms with Gasteiger partial charge in [-0.1, -0.05) is 12.2 Å². The lowest BCUT2D eigenvalue weighted by molar-refractivity contribution is -0.147. The summed E-state index contributed by atoms with van der Waals surface area (Å²) in [5.41, 5.74) is 6.21. The number of nitrogens with two attached hydrogens (primary N) is 1. The molecule has 0 bridgehead atoms. The lowest BCUT2D eigenvalue weighted by atomic mass is 10.0. The van der Waals surface area contributed by atoms with Gasteiger partial charge in [0.15, 0.2) is 0 Å². The van der Waals surface area contributed by atoms with Crippen LogP contribution in [-0.4, -0.2) is 51.6 Å². The number of carbonyl (C=O) groups excluding carboxylic acids is 2. The molecule has 0 aromatic rings. The topological polar surface area (TPSA) is 110 Å². The van der Waals surface area contributed by atoms with E-state index in [0.717, 1.165) is 0 Å². The van der Waals surface area contributed by atoms with Gasteiger partial charge >= 0.3 is 11.9 Å². The standard InChI is InChI=1S/C13H16N2O5S/c1-7(16)20-5-3-2-4-8-6-21-12-9(14)11(17)15(12)10(8)13(18)19/h2,4,9,12H,3,5-6,14H2,1H3,(H,18,19)/b4-2+/t9-,12-/m1/s1. The Morgan fingerprint density at radius 2 is 2.29 bits per heavy atom. The summed E-state index contributed by atoms with van der Waals surface area (Å²) in [5.74, 6) is -1.38. The van der Waals surface area contributed by atoms with E-state index in [0.29, 0.717) is 17.7 Å². The van der Waals surface area contributed by atoms with Crippen LogP contribution in [0.5, 0.6) is 0 Å². The molecule has 0 radical (unpaired) electrons. The fraction of sp³-hybridized carbons (Fsp3) is 0.462. The fourth-order valence-electron chi connectivity index (χ4n) is 2.16. The first-order valence-electron chi connectivity index (χ1n) is 6.40. The second kappa shape index (κ2) is 6.31. The molecule has 3 N–H and O–H groups in total. The summed E-state index contributed by atoms with van der Waals surface area (Å²) in [4.78, 5) is 34.9. The molecule has 0 aromatic carbocycles. The number of β-lactam (4-membered cyclic amide) rings is 1. The molecule has 0 saturated carbocycles. The Bertz CT molecular complexity index is 543. The smallest absolute Gasteiger partial charge is 0.352 e. The van der Waals surface area contributed by atoms with Gasteiger partial charge < -0.3 is 15.6 Å². The van der Waals surface area contributed by atoms with Crippen LogP contribution in [0.3, 0.4) is 0 Å². The molecule has 21 heavy (non-hydrogen) atoms. The number of hydrogen-bond acceptors (Lipinski definition) is 6. The molecule has 7 nitrogen and oxygen atoms in total. The van der Waals surface area contributed by atoms with E-state index in [2.05, 4.69) is 0 Å². The third-order valence-corrected chi connectivity index (χ3v) is 4.47. The van der Waals surface area contributed by atoms with E-state index >= 15 is 0 Å². The molecule has 2 aliphatic heterocycles. The van der Waals surface area contributed by atoms with Gasteiger partial charge in [0.1, 0.15) is 17.1 Å². The SMILES string of the molecule is CC(=O)OCC/C=C/C1=C(C(=O)O)N2C(=O)[C@@H](N)[C@H]2SC1. The molecule has 2 rings (SSSR count). The number of allylic oxidation sites excluding steroid dienone is 1. The molecule has 1 fully saturated rings. The quantitative estimate of drug-likeness (QED) is 0.420. The molecule has 114 valence electrons. The number of esters is 1. The highest BCUT2D eigenvalue weighted by molar-refractivity contribution is 8.00. The van der Waals surface area contributed by atoms with Gasteiger partial charge in [0.2, 0.25) is 5.91 Å². The van der Waals surface area contributed by atoms with Crippen molar-refractivity contribution in [3.63, 3.8) is 0 Å². The monoisotopic (exact) mass is 312 g/mol. The predicted octanol–water partition coefficient (Wildman–Crippen LogP) is 0.0769. The number of thioether (sulfide) groups is 1. The van der Waals surface area contributed by atoms with Crippen molar-refractivity contribution in [2.24, 2.45) is 5.73 Å². The summed E-state index contributed by atoms with van der Waals surface area (Å²) in [5, 5.41) is 9.02. The molecule has 1 saturated heterocycles. The summed E-state index contributed by atoms with van der Waals surface area (Å²) in [6, 6.07) is -0.626. The normalized spacial score (nSPS) is 24.9. The molecule has 0 aromatic heterocycles. The van der Waals surface area contributed by atoms with E-state index in [9.17, 15) is 19.5 Å². The Kier molecular flexibility index (Phi) is 4.69. The van der Waals surface area contributed by atoms with Crippen LogP contribution < -0.4 is 5.73 Å². The maximum Gasteiger partial charge on any atom is 0.352 e. The average molecular weight is 312 g/mol. The third-order valence-electron chi connectivity index (χ3n) is 3.15. The number of aliphatic carboxylic acids is 1. The third kappa shape index (κ3) is 3.11. The highest BCUT2D eigenvalue weighted by atomic mass is 32.2. The van der Waals surface area contributed by atoms with Gasteiger partial charge in [0.25, 0.3) is 0 Å². The second-order valence-corrected chi connectivity index (χ2v) is 5.75. The minimum atomic E-state index is -1.14. The van der Waals surface area contributed by atoms with E-state index < -0.39 is 12.0 Å². The first kappa shape index (κ1) is 15.6. The second-order valence-electron chi connectivity index (χ2n) is 4.65. The first-order valence-corrected chi connectivity index (χ1v) is 7.45.